The summed E-state index contributed by atoms with van der Waals surface area (Å²) in [5.41, 5.74) is 6.37. The minimum Gasteiger partial charge on any atom is -0.507 e. The van der Waals surface area contributed by atoms with Gasteiger partial charge in [-0.05, 0) is 77.5 Å². The van der Waals surface area contributed by atoms with Crippen molar-refractivity contribution in [3.8, 4) is 11.5 Å². The maximum atomic E-state index is 11.2. The molecule has 4 heteroatoms. The molecule has 0 atom stereocenters. The normalized spacial score (nSPS) is 13.5. The second kappa shape index (κ2) is 11.8. The lowest BCUT2D eigenvalue weighted by molar-refractivity contribution is 0.265. The lowest BCUT2D eigenvalue weighted by Gasteiger charge is -2.29. The van der Waals surface area contributed by atoms with Crippen molar-refractivity contribution < 1.29 is 10.2 Å². The third-order valence-corrected chi connectivity index (χ3v) is 7.69. The predicted molar refractivity (Wildman–Crippen MR) is 168 cm³/mol. The number of hydrogen-bond acceptors (Lipinski definition) is 4. The van der Waals surface area contributed by atoms with Crippen molar-refractivity contribution in [3.63, 3.8) is 0 Å². The second-order valence-corrected chi connectivity index (χ2v) is 15.9. The van der Waals surface area contributed by atoms with E-state index in [2.05, 4.69) is 131 Å². The van der Waals surface area contributed by atoms with Crippen molar-refractivity contribution in [2.24, 2.45) is 0 Å². The molecule has 0 aromatic heterocycles. The van der Waals surface area contributed by atoms with Crippen molar-refractivity contribution in [1.29, 1.82) is 0 Å². The van der Waals surface area contributed by atoms with Crippen LogP contribution in [0.25, 0.3) is 0 Å². The summed E-state index contributed by atoms with van der Waals surface area (Å²) in [7, 11) is 4.27. The highest BCUT2D eigenvalue weighted by Crippen LogP contribution is 2.39. The average Bonchev–Trinajstić information content (AvgIpc) is 2.73. The molecule has 0 bridgehead atoms. The summed E-state index contributed by atoms with van der Waals surface area (Å²) in [4.78, 5) is 4.61. The molecule has 0 saturated heterocycles. The highest BCUT2D eigenvalue weighted by Gasteiger charge is 2.26. The molecule has 0 unspecified atom stereocenters. The smallest absolute Gasteiger partial charge is 0.123 e. The van der Waals surface area contributed by atoms with Crippen LogP contribution in [0, 0.1) is 0 Å². The Balaban J connectivity index is 2.13. The van der Waals surface area contributed by atoms with Crippen LogP contribution in [-0.2, 0) is 34.7 Å². The van der Waals surface area contributed by atoms with Gasteiger partial charge in [0.1, 0.15) is 11.5 Å². The van der Waals surface area contributed by atoms with Crippen LogP contribution in [0.1, 0.15) is 123 Å². The van der Waals surface area contributed by atoms with Crippen LogP contribution in [0.15, 0.2) is 24.3 Å². The molecule has 0 radical (unpaired) electrons. The van der Waals surface area contributed by atoms with E-state index in [9.17, 15) is 10.2 Å². The molecule has 2 rings (SSSR count). The van der Waals surface area contributed by atoms with E-state index < -0.39 is 0 Å². The topological polar surface area (TPSA) is 46.9 Å². The standard InChI is InChI=1S/C35H58N2O2/c1-32(2,3)26-18-24(30(38)28(20-26)34(7,8)9)22-36(13)16-15-17-37(14)23-25-19-27(33(4,5)6)21-29(31(25)39)35(10,11)12/h18-21,38-39H,15-17,22-23H2,1-14H3. The molecule has 0 aliphatic carbocycles. The Labute approximate surface area is 240 Å². The Morgan fingerprint density at radius 1 is 0.513 bits per heavy atom. The number of aromatic hydroxyl groups is 2. The van der Waals surface area contributed by atoms with Gasteiger partial charge in [0.2, 0.25) is 0 Å². The van der Waals surface area contributed by atoms with Crippen LogP contribution in [0.3, 0.4) is 0 Å². The van der Waals surface area contributed by atoms with Crippen molar-refractivity contribution in [2.75, 3.05) is 27.2 Å². The average molecular weight is 539 g/mol. The lowest BCUT2D eigenvalue weighted by Crippen LogP contribution is -2.26. The van der Waals surface area contributed by atoms with Crippen LogP contribution < -0.4 is 0 Å². The zero-order valence-corrected chi connectivity index (χ0v) is 27.6. The minimum absolute atomic E-state index is 0.0203. The second-order valence-electron chi connectivity index (χ2n) is 15.9. The van der Waals surface area contributed by atoms with E-state index in [4.69, 9.17) is 0 Å². The largest absolute Gasteiger partial charge is 0.507 e. The minimum atomic E-state index is -0.121. The number of benzene rings is 2. The monoisotopic (exact) mass is 538 g/mol. The molecule has 2 N–H and O–H groups in total. The first-order valence-electron chi connectivity index (χ1n) is 14.6. The van der Waals surface area contributed by atoms with Gasteiger partial charge in [-0.15, -0.1) is 0 Å². The molecule has 0 heterocycles. The molecular weight excluding hydrogens is 480 g/mol. The van der Waals surface area contributed by atoms with Crippen LogP contribution >= 0.6 is 0 Å². The van der Waals surface area contributed by atoms with E-state index >= 15 is 0 Å². The molecule has 220 valence electrons. The molecule has 2 aromatic carbocycles. The fourth-order valence-corrected chi connectivity index (χ4v) is 4.99. The number of phenolic OH excluding ortho intramolecular Hbond substituents is 2. The van der Waals surface area contributed by atoms with Gasteiger partial charge in [0.05, 0.1) is 0 Å². The van der Waals surface area contributed by atoms with Crippen molar-refractivity contribution in [3.05, 3.63) is 57.6 Å². The van der Waals surface area contributed by atoms with Gasteiger partial charge in [0, 0.05) is 24.2 Å². The van der Waals surface area contributed by atoms with E-state index in [1.54, 1.807) is 0 Å². The third kappa shape index (κ3) is 8.98. The fourth-order valence-electron chi connectivity index (χ4n) is 4.99. The van der Waals surface area contributed by atoms with Gasteiger partial charge in [-0.1, -0.05) is 107 Å². The molecule has 0 amide bonds. The first kappa shape index (κ1) is 33.2. The van der Waals surface area contributed by atoms with Crippen LogP contribution in [0.5, 0.6) is 11.5 Å². The van der Waals surface area contributed by atoms with E-state index in [0.717, 1.165) is 41.8 Å². The lowest BCUT2D eigenvalue weighted by atomic mass is 9.79. The predicted octanol–water partition coefficient (Wildman–Crippen LogP) is 8.24. The molecule has 39 heavy (non-hydrogen) atoms. The van der Waals surface area contributed by atoms with Crippen LogP contribution in [0.4, 0.5) is 0 Å². The number of hydrogen-bond donors (Lipinski definition) is 2. The SMILES string of the molecule is CN(CCCN(C)Cc1cc(C(C)(C)C)cc(C(C)(C)C)c1O)Cc1cc(C(C)(C)C)cc(C(C)(C)C)c1O. The fraction of sp³-hybridized carbons (Fsp3) is 0.657. The van der Waals surface area contributed by atoms with Crippen molar-refractivity contribution in [2.45, 2.75) is 124 Å². The number of nitrogens with zero attached hydrogens (tertiary/aromatic N) is 2. The van der Waals surface area contributed by atoms with Gasteiger partial charge in [0.15, 0.2) is 0 Å². The van der Waals surface area contributed by atoms with Gasteiger partial charge < -0.3 is 20.0 Å². The van der Waals surface area contributed by atoms with Crippen LogP contribution in [-0.4, -0.2) is 47.2 Å². The third-order valence-electron chi connectivity index (χ3n) is 7.69. The van der Waals surface area contributed by atoms with E-state index in [1.807, 2.05) is 0 Å². The van der Waals surface area contributed by atoms with Crippen molar-refractivity contribution in [1.82, 2.24) is 9.80 Å². The highest BCUT2D eigenvalue weighted by molar-refractivity contribution is 5.49. The summed E-state index contributed by atoms with van der Waals surface area (Å²) in [6.45, 7) is 29.6. The van der Waals surface area contributed by atoms with Crippen molar-refractivity contribution >= 4 is 0 Å². The molecule has 2 aromatic rings. The summed E-state index contributed by atoms with van der Waals surface area (Å²) in [5, 5.41) is 22.3. The van der Waals surface area contributed by atoms with E-state index in [1.165, 1.54) is 11.1 Å². The molecule has 0 fully saturated rings. The maximum absolute atomic E-state index is 11.2. The Bertz CT molecular complexity index is 1030. The quantitative estimate of drug-likeness (QED) is 0.355. The summed E-state index contributed by atoms with van der Waals surface area (Å²) >= 11 is 0. The molecule has 0 spiro atoms. The Morgan fingerprint density at radius 3 is 1.08 bits per heavy atom. The Kier molecular flexibility index (Phi) is 10.1. The molecule has 0 aliphatic rings. The highest BCUT2D eigenvalue weighted by atomic mass is 16.3. The zero-order valence-electron chi connectivity index (χ0n) is 27.6. The van der Waals surface area contributed by atoms with Gasteiger partial charge in [0.25, 0.3) is 0 Å². The van der Waals surface area contributed by atoms with Gasteiger partial charge in [-0.25, -0.2) is 0 Å². The summed E-state index contributed by atoms with van der Waals surface area (Å²) in [6.07, 6.45) is 1.00. The van der Waals surface area contributed by atoms with E-state index in [0.29, 0.717) is 24.6 Å². The number of phenols is 2. The first-order valence-corrected chi connectivity index (χ1v) is 14.6. The zero-order chi connectivity index (χ0) is 30.1. The van der Waals surface area contributed by atoms with E-state index in [-0.39, 0.29) is 21.7 Å². The van der Waals surface area contributed by atoms with Gasteiger partial charge in [-0.2, -0.15) is 0 Å². The number of rotatable bonds is 8. The summed E-state index contributed by atoms with van der Waals surface area (Å²) < 4.78 is 0. The molecule has 0 aliphatic heterocycles. The summed E-state index contributed by atoms with van der Waals surface area (Å²) in [5.74, 6) is 0.867. The Hall–Kier alpha value is -2.04. The molecular formula is C35H58N2O2. The molecule has 4 nitrogen and oxygen atoms in total. The van der Waals surface area contributed by atoms with Crippen LogP contribution in [0.2, 0.25) is 0 Å². The Morgan fingerprint density at radius 2 is 0.821 bits per heavy atom. The summed E-state index contributed by atoms with van der Waals surface area (Å²) in [6, 6.07) is 8.74. The van der Waals surface area contributed by atoms with Gasteiger partial charge >= 0.3 is 0 Å². The maximum Gasteiger partial charge on any atom is 0.123 e. The molecule has 0 saturated carbocycles. The first-order chi connectivity index (χ1) is 17.5. The van der Waals surface area contributed by atoms with Gasteiger partial charge in [-0.3, -0.25) is 0 Å².